The number of esters is 1. The molecule has 3 rings (SSSR count). The van der Waals surface area contributed by atoms with Crippen LogP contribution in [0.5, 0.6) is 0 Å². The lowest BCUT2D eigenvalue weighted by molar-refractivity contribution is -0.136. The van der Waals surface area contributed by atoms with Crippen LogP contribution in [0, 0.1) is 6.92 Å². The Bertz CT molecular complexity index is 729. The first kappa shape index (κ1) is 18.5. The fourth-order valence-corrected chi connectivity index (χ4v) is 3.83. The van der Waals surface area contributed by atoms with Gasteiger partial charge in [-0.1, -0.05) is 30.7 Å². The number of carbonyl (C=O) groups excluding carboxylic acids is 2. The summed E-state index contributed by atoms with van der Waals surface area (Å²) in [6.07, 6.45) is 3.49. The standard InChI is InChI=1S/C20H27N3O3/c1-13-8-4-5-10-15(13)18-17(19(24)26-3)16(21-20(25)22-18)12-23-11-7-6-9-14(23)2/h4-5,8,10,14,18H,6-7,9,11-12H2,1-3H3,(H2,21,22,25)/t14-,18+/m0/s1. The maximum atomic E-state index is 12.6. The van der Waals surface area contributed by atoms with Crippen LogP contribution in [-0.2, 0) is 9.53 Å². The summed E-state index contributed by atoms with van der Waals surface area (Å²) in [5.74, 6) is -0.412. The fourth-order valence-electron chi connectivity index (χ4n) is 3.83. The number of aryl methyl sites for hydroxylation is 1. The first-order chi connectivity index (χ1) is 12.5. The molecule has 2 atom stereocenters. The van der Waals surface area contributed by atoms with Crippen molar-refractivity contribution in [2.24, 2.45) is 0 Å². The molecular formula is C20H27N3O3. The van der Waals surface area contributed by atoms with Crippen molar-refractivity contribution in [2.75, 3.05) is 20.2 Å². The van der Waals surface area contributed by atoms with Crippen LogP contribution >= 0.6 is 0 Å². The van der Waals surface area contributed by atoms with Gasteiger partial charge >= 0.3 is 12.0 Å². The zero-order valence-corrected chi connectivity index (χ0v) is 15.7. The van der Waals surface area contributed by atoms with E-state index in [-0.39, 0.29) is 6.03 Å². The van der Waals surface area contributed by atoms with E-state index in [2.05, 4.69) is 22.5 Å². The number of amides is 2. The summed E-state index contributed by atoms with van der Waals surface area (Å²) < 4.78 is 5.06. The minimum absolute atomic E-state index is 0.287. The molecule has 1 aromatic carbocycles. The van der Waals surface area contributed by atoms with Crippen molar-refractivity contribution in [3.63, 3.8) is 0 Å². The molecule has 140 valence electrons. The maximum absolute atomic E-state index is 12.6. The molecule has 0 aliphatic carbocycles. The van der Waals surface area contributed by atoms with Gasteiger partial charge in [0.1, 0.15) is 0 Å². The fraction of sp³-hybridized carbons (Fsp3) is 0.500. The van der Waals surface area contributed by atoms with Crippen LogP contribution in [0.25, 0.3) is 0 Å². The lowest BCUT2D eigenvalue weighted by atomic mass is 9.91. The SMILES string of the molecule is COC(=O)C1=C(CN2CCCC[C@@H]2C)NC(=O)N[C@@H]1c1ccccc1C. The third kappa shape index (κ3) is 3.75. The summed E-state index contributed by atoms with van der Waals surface area (Å²) in [5.41, 5.74) is 3.06. The second-order valence-electron chi connectivity index (χ2n) is 7.09. The molecule has 0 radical (unpaired) electrons. The number of nitrogens with one attached hydrogen (secondary N) is 2. The molecule has 1 aromatic rings. The smallest absolute Gasteiger partial charge is 0.338 e. The number of piperidine rings is 1. The topological polar surface area (TPSA) is 70.7 Å². The summed E-state index contributed by atoms with van der Waals surface area (Å²) in [4.78, 5) is 27.3. The highest BCUT2D eigenvalue weighted by atomic mass is 16.5. The van der Waals surface area contributed by atoms with E-state index in [0.717, 1.165) is 30.5 Å². The molecule has 2 aliphatic heterocycles. The number of ether oxygens (including phenoxy) is 1. The Hall–Kier alpha value is -2.34. The van der Waals surface area contributed by atoms with Gasteiger partial charge in [0, 0.05) is 18.3 Å². The van der Waals surface area contributed by atoms with Gasteiger partial charge < -0.3 is 15.4 Å². The van der Waals surface area contributed by atoms with Crippen molar-refractivity contribution in [3.05, 3.63) is 46.7 Å². The quantitative estimate of drug-likeness (QED) is 0.813. The van der Waals surface area contributed by atoms with Crippen LogP contribution < -0.4 is 10.6 Å². The van der Waals surface area contributed by atoms with Gasteiger partial charge in [-0.05, 0) is 44.4 Å². The average molecular weight is 357 g/mol. The molecule has 26 heavy (non-hydrogen) atoms. The highest BCUT2D eigenvalue weighted by Crippen LogP contribution is 2.30. The Morgan fingerprint density at radius 3 is 2.77 bits per heavy atom. The molecule has 1 saturated heterocycles. The zero-order chi connectivity index (χ0) is 18.7. The van der Waals surface area contributed by atoms with Crippen molar-refractivity contribution >= 4 is 12.0 Å². The molecule has 0 unspecified atom stereocenters. The molecule has 0 saturated carbocycles. The van der Waals surface area contributed by atoms with E-state index >= 15 is 0 Å². The average Bonchev–Trinajstić information content (AvgIpc) is 2.63. The Kier molecular flexibility index (Phi) is 5.61. The molecule has 2 N–H and O–H groups in total. The maximum Gasteiger partial charge on any atom is 0.338 e. The monoisotopic (exact) mass is 357 g/mol. The van der Waals surface area contributed by atoms with Crippen LogP contribution in [0.15, 0.2) is 35.5 Å². The number of urea groups is 1. The molecule has 2 aliphatic rings. The molecule has 6 nitrogen and oxygen atoms in total. The van der Waals surface area contributed by atoms with E-state index in [1.807, 2.05) is 31.2 Å². The van der Waals surface area contributed by atoms with Crippen LogP contribution in [0.3, 0.4) is 0 Å². The number of likely N-dealkylation sites (tertiary alicyclic amines) is 1. The number of hydrogen-bond donors (Lipinski definition) is 2. The van der Waals surface area contributed by atoms with Crippen LogP contribution in [0.2, 0.25) is 0 Å². The number of nitrogens with zero attached hydrogens (tertiary/aromatic N) is 1. The largest absolute Gasteiger partial charge is 0.466 e. The number of rotatable bonds is 4. The van der Waals surface area contributed by atoms with Gasteiger partial charge in [0.15, 0.2) is 0 Å². The minimum atomic E-state index is -0.507. The van der Waals surface area contributed by atoms with Gasteiger partial charge in [-0.3, -0.25) is 4.90 Å². The summed E-state index contributed by atoms with van der Waals surface area (Å²) in [5, 5.41) is 5.75. The molecule has 2 heterocycles. The molecule has 0 spiro atoms. The van der Waals surface area contributed by atoms with Gasteiger partial charge in [0.2, 0.25) is 0 Å². The van der Waals surface area contributed by atoms with E-state index in [0.29, 0.717) is 23.9 Å². The van der Waals surface area contributed by atoms with Crippen molar-refractivity contribution in [1.82, 2.24) is 15.5 Å². The van der Waals surface area contributed by atoms with Gasteiger partial charge in [0.05, 0.1) is 18.7 Å². The zero-order valence-electron chi connectivity index (χ0n) is 15.7. The third-order valence-electron chi connectivity index (χ3n) is 5.36. The number of benzene rings is 1. The number of methoxy groups -OCH3 is 1. The summed E-state index contributed by atoms with van der Waals surface area (Å²) in [7, 11) is 1.38. The summed E-state index contributed by atoms with van der Waals surface area (Å²) in [6, 6.07) is 7.41. The van der Waals surface area contributed by atoms with Crippen molar-refractivity contribution in [2.45, 2.75) is 45.2 Å². The lowest BCUT2D eigenvalue weighted by Gasteiger charge is -2.37. The molecule has 0 bridgehead atoms. The van der Waals surface area contributed by atoms with Gasteiger partial charge in [0.25, 0.3) is 0 Å². The van der Waals surface area contributed by atoms with E-state index in [1.165, 1.54) is 13.5 Å². The van der Waals surface area contributed by atoms with E-state index in [4.69, 9.17) is 4.74 Å². The predicted octanol–water partition coefficient (Wildman–Crippen LogP) is 2.65. The predicted molar refractivity (Wildman–Crippen MR) is 99.5 cm³/mol. The minimum Gasteiger partial charge on any atom is -0.466 e. The van der Waals surface area contributed by atoms with Crippen molar-refractivity contribution < 1.29 is 14.3 Å². The normalized spacial score (nSPS) is 24.0. The Morgan fingerprint density at radius 2 is 2.08 bits per heavy atom. The van der Waals surface area contributed by atoms with E-state index in [1.54, 1.807) is 0 Å². The summed E-state index contributed by atoms with van der Waals surface area (Å²) in [6.45, 7) is 5.68. The van der Waals surface area contributed by atoms with Gasteiger partial charge in [-0.15, -0.1) is 0 Å². The number of carbonyl (C=O) groups is 2. The van der Waals surface area contributed by atoms with E-state index < -0.39 is 12.0 Å². The molecule has 6 heteroatoms. The Balaban J connectivity index is 2.01. The molecule has 1 fully saturated rings. The lowest BCUT2D eigenvalue weighted by Crippen LogP contribution is -2.50. The molecular weight excluding hydrogens is 330 g/mol. The Labute approximate surface area is 154 Å². The van der Waals surface area contributed by atoms with Gasteiger partial charge in [-0.2, -0.15) is 0 Å². The Morgan fingerprint density at radius 1 is 1.31 bits per heavy atom. The van der Waals surface area contributed by atoms with Crippen molar-refractivity contribution in [1.29, 1.82) is 0 Å². The molecule has 0 aromatic heterocycles. The van der Waals surface area contributed by atoms with Crippen LogP contribution in [-0.4, -0.2) is 43.1 Å². The number of hydrogen-bond acceptors (Lipinski definition) is 4. The molecule has 2 amide bonds. The third-order valence-corrected chi connectivity index (χ3v) is 5.36. The first-order valence-corrected chi connectivity index (χ1v) is 9.19. The second-order valence-corrected chi connectivity index (χ2v) is 7.09. The first-order valence-electron chi connectivity index (χ1n) is 9.19. The van der Waals surface area contributed by atoms with Crippen LogP contribution in [0.4, 0.5) is 4.79 Å². The van der Waals surface area contributed by atoms with Crippen LogP contribution in [0.1, 0.15) is 43.4 Å². The highest BCUT2D eigenvalue weighted by molar-refractivity contribution is 5.95. The second kappa shape index (κ2) is 7.91. The van der Waals surface area contributed by atoms with Crippen molar-refractivity contribution in [3.8, 4) is 0 Å². The highest BCUT2D eigenvalue weighted by Gasteiger charge is 2.35. The summed E-state index contributed by atoms with van der Waals surface area (Å²) >= 11 is 0. The van der Waals surface area contributed by atoms with Gasteiger partial charge in [-0.25, -0.2) is 9.59 Å². The van der Waals surface area contributed by atoms with E-state index in [9.17, 15) is 9.59 Å².